The molecule has 1 heterocycles. The molecule has 2 aliphatic carbocycles. The normalized spacial score (nSPS) is 26.6. The topological polar surface area (TPSA) is 46.9 Å². The molecule has 2 bridgehead atoms. The van der Waals surface area contributed by atoms with Crippen LogP contribution in [0.25, 0.3) is 0 Å². The molecule has 1 aromatic heterocycles. The van der Waals surface area contributed by atoms with Gasteiger partial charge < -0.3 is 5.32 Å². The van der Waals surface area contributed by atoms with Crippen LogP contribution in [0.5, 0.6) is 0 Å². The zero-order chi connectivity index (χ0) is 18.4. The summed E-state index contributed by atoms with van der Waals surface area (Å²) >= 11 is 0. The van der Waals surface area contributed by atoms with Crippen molar-refractivity contribution < 1.29 is 18.0 Å². The predicted octanol–water partition coefficient (Wildman–Crippen LogP) is 4.13. The Hall–Kier alpha value is -1.79. The first-order valence-corrected chi connectivity index (χ1v) is 8.70. The minimum Gasteiger partial charge on any atom is -0.349 e. The van der Waals surface area contributed by atoms with Crippen LogP contribution in [-0.4, -0.2) is 21.7 Å². The van der Waals surface area contributed by atoms with E-state index in [9.17, 15) is 18.0 Å². The van der Waals surface area contributed by atoms with Crippen LogP contribution in [0.1, 0.15) is 62.5 Å². The maximum absolute atomic E-state index is 13.6. The first-order valence-electron chi connectivity index (χ1n) is 8.70. The minimum atomic E-state index is -4.64. The number of hydrogen-bond donors (Lipinski definition) is 1. The van der Waals surface area contributed by atoms with E-state index in [1.54, 1.807) is 20.8 Å². The van der Waals surface area contributed by atoms with Crippen molar-refractivity contribution >= 4 is 5.91 Å². The summed E-state index contributed by atoms with van der Waals surface area (Å²) in [5.41, 5.74) is -2.25. The van der Waals surface area contributed by atoms with Gasteiger partial charge in [-0.15, -0.1) is 0 Å². The van der Waals surface area contributed by atoms with E-state index in [-0.39, 0.29) is 12.0 Å². The molecule has 4 nitrogen and oxygen atoms in total. The standard InChI is InChI=1S/C18H24F3N3O/c1-17(2,3)24-15(18(19,20)21)13(10-22-24)16(25)23-14-8-7-11-5-4-6-12(14)9-11/h4,6,10-12,14H,5,7-9H2,1-3H3,(H,23,25). The van der Waals surface area contributed by atoms with Gasteiger partial charge in [-0.25, -0.2) is 0 Å². The highest BCUT2D eigenvalue weighted by molar-refractivity contribution is 5.95. The molecule has 0 spiro atoms. The molecule has 0 radical (unpaired) electrons. The lowest BCUT2D eigenvalue weighted by atomic mass is 9.73. The van der Waals surface area contributed by atoms with Gasteiger partial charge in [0.15, 0.2) is 5.69 Å². The second-order valence-corrected chi connectivity index (χ2v) is 8.07. The summed E-state index contributed by atoms with van der Waals surface area (Å²) in [4.78, 5) is 12.6. The van der Waals surface area contributed by atoms with Crippen molar-refractivity contribution in [3.63, 3.8) is 0 Å². The molecule has 3 rings (SSSR count). The predicted molar refractivity (Wildman–Crippen MR) is 88.1 cm³/mol. The maximum Gasteiger partial charge on any atom is 0.433 e. The number of rotatable bonds is 2. The Kier molecular flexibility index (Phi) is 4.45. The molecule has 138 valence electrons. The average Bonchev–Trinajstić information content (AvgIpc) is 2.96. The molecule has 1 fully saturated rings. The van der Waals surface area contributed by atoms with Crippen molar-refractivity contribution in [1.82, 2.24) is 15.1 Å². The third-order valence-corrected chi connectivity index (χ3v) is 5.10. The molecule has 1 amide bonds. The van der Waals surface area contributed by atoms with Gasteiger partial charge in [0, 0.05) is 6.04 Å². The van der Waals surface area contributed by atoms with Gasteiger partial charge in [-0.2, -0.15) is 18.3 Å². The molecule has 0 saturated heterocycles. The molecule has 2 aliphatic rings. The van der Waals surface area contributed by atoms with Crippen molar-refractivity contribution in [1.29, 1.82) is 0 Å². The minimum absolute atomic E-state index is 0.112. The highest BCUT2D eigenvalue weighted by Gasteiger charge is 2.43. The number of nitrogens with zero attached hydrogens (tertiary/aromatic N) is 2. The van der Waals surface area contributed by atoms with Crippen LogP contribution >= 0.6 is 0 Å². The van der Waals surface area contributed by atoms with E-state index in [1.165, 1.54) is 0 Å². The van der Waals surface area contributed by atoms with E-state index in [2.05, 4.69) is 22.6 Å². The molecule has 1 aromatic rings. The third kappa shape index (κ3) is 3.60. The largest absolute Gasteiger partial charge is 0.433 e. The summed E-state index contributed by atoms with van der Waals surface area (Å²) in [6.45, 7) is 4.89. The maximum atomic E-state index is 13.6. The van der Waals surface area contributed by atoms with E-state index in [1.807, 2.05) is 0 Å². The number of amides is 1. The van der Waals surface area contributed by atoms with E-state index in [0.29, 0.717) is 5.92 Å². The molecule has 7 heteroatoms. The smallest absolute Gasteiger partial charge is 0.349 e. The number of nitrogens with one attached hydrogen (secondary N) is 1. The number of allylic oxidation sites excluding steroid dienone is 1. The fourth-order valence-electron chi connectivity index (χ4n) is 3.89. The highest BCUT2D eigenvalue weighted by Crippen LogP contribution is 2.37. The number of carbonyl (C=O) groups excluding carboxylic acids is 1. The second-order valence-electron chi connectivity index (χ2n) is 8.07. The van der Waals surface area contributed by atoms with Crippen LogP contribution in [0.2, 0.25) is 0 Å². The Morgan fingerprint density at radius 1 is 1.28 bits per heavy atom. The number of alkyl halides is 3. The van der Waals surface area contributed by atoms with Crippen LogP contribution in [0.3, 0.4) is 0 Å². The Morgan fingerprint density at radius 2 is 2.00 bits per heavy atom. The Morgan fingerprint density at radius 3 is 2.64 bits per heavy atom. The summed E-state index contributed by atoms with van der Waals surface area (Å²) in [5.74, 6) is 0.159. The molecule has 3 unspecified atom stereocenters. The lowest BCUT2D eigenvalue weighted by Crippen LogP contribution is -2.44. The first kappa shape index (κ1) is 18.0. The first-order chi connectivity index (χ1) is 11.6. The zero-order valence-corrected chi connectivity index (χ0v) is 14.7. The van der Waals surface area contributed by atoms with Crippen LogP contribution < -0.4 is 5.32 Å². The van der Waals surface area contributed by atoms with Gasteiger partial charge in [0.25, 0.3) is 5.91 Å². The Labute approximate surface area is 145 Å². The summed E-state index contributed by atoms with van der Waals surface area (Å²) in [6, 6.07) is -0.112. The van der Waals surface area contributed by atoms with Crippen molar-refractivity contribution in [3.8, 4) is 0 Å². The summed E-state index contributed by atoms with van der Waals surface area (Å²) < 4.78 is 41.6. The quantitative estimate of drug-likeness (QED) is 0.811. The Bertz CT molecular complexity index is 685. The average molecular weight is 355 g/mol. The lowest BCUT2D eigenvalue weighted by molar-refractivity contribution is -0.146. The van der Waals surface area contributed by atoms with Gasteiger partial charge in [0.2, 0.25) is 0 Å². The number of aromatic nitrogens is 2. The van der Waals surface area contributed by atoms with Gasteiger partial charge >= 0.3 is 6.18 Å². The SMILES string of the molecule is CC(C)(C)n1ncc(C(=O)NC2CCC3CC=CC2C3)c1C(F)(F)F. The van der Waals surface area contributed by atoms with Gasteiger partial charge in [0.05, 0.1) is 17.3 Å². The van der Waals surface area contributed by atoms with Gasteiger partial charge in [0.1, 0.15) is 0 Å². The lowest BCUT2D eigenvalue weighted by Gasteiger charge is -2.37. The summed E-state index contributed by atoms with van der Waals surface area (Å²) in [7, 11) is 0. The van der Waals surface area contributed by atoms with Gasteiger partial charge in [-0.1, -0.05) is 12.2 Å². The van der Waals surface area contributed by atoms with Crippen LogP contribution in [0.4, 0.5) is 13.2 Å². The number of carbonyl (C=O) groups is 1. The number of hydrogen-bond acceptors (Lipinski definition) is 2. The summed E-state index contributed by atoms with van der Waals surface area (Å²) in [5, 5.41) is 6.68. The fraction of sp³-hybridized carbons (Fsp3) is 0.667. The molecule has 3 atom stereocenters. The van der Waals surface area contributed by atoms with Crippen LogP contribution in [0, 0.1) is 11.8 Å². The third-order valence-electron chi connectivity index (χ3n) is 5.10. The van der Waals surface area contributed by atoms with Gasteiger partial charge in [-0.05, 0) is 58.3 Å². The molecule has 25 heavy (non-hydrogen) atoms. The molecule has 1 N–H and O–H groups in total. The zero-order valence-electron chi connectivity index (χ0n) is 14.7. The molecule has 1 saturated carbocycles. The van der Waals surface area contributed by atoms with E-state index in [4.69, 9.17) is 0 Å². The molecule has 0 aromatic carbocycles. The Balaban J connectivity index is 1.86. The van der Waals surface area contributed by atoms with Crippen molar-refractivity contribution in [3.05, 3.63) is 29.6 Å². The van der Waals surface area contributed by atoms with Crippen molar-refractivity contribution in [2.45, 2.75) is 64.2 Å². The number of halogens is 3. The molecular weight excluding hydrogens is 331 g/mol. The molecular formula is C18H24F3N3O. The van der Waals surface area contributed by atoms with Crippen molar-refractivity contribution in [2.24, 2.45) is 11.8 Å². The van der Waals surface area contributed by atoms with E-state index >= 15 is 0 Å². The fourth-order valence-corrected chi connectivity index (χ4v) is 3.89. The van der Waals surface area contributed by atoms with Crippen LogP contribution in [0.15, 0.2) is 18.3 Å². The van der Waals surface area contributed by atoms with Crippen LogP contribution in [-0.2, 0) is 11.7 Å². The number of fused-ring (bicyclic) bond motifs is 2. The molecule has 0 aliphatic heterocycles. The monoisotopic (exact) mass is 355 g/mol. The summed E-state index contributed by atoms with van der Waals surface area (Å²) in [6.07, 6.45) is 4.46. The highest BCUT2D eigenvalue weighted by atomic mass is 19.4. The second kappa shape index (κ2) is 6.18. The van der Waals surface area contributed by atoms with E-state index < -0.39 is 28.9 Å². The van der Waals surface area contributed by atoms with Gasteiger partial charge in [-0.3, -0.25) is 9.48 Å². The van der Waals surface area contributed by atoms with E-state index in [0.717, 1.165) is 36.6 Å². The van der Waals surface area contributed by atoms with Crippen molar-refractivity contribution in [2.75, 3.05) is 0 Å².